The number of hydrogen-bond donors (Lipinski definition) is 1. The van der Waals surface area contributed by atoms with Gasteiger partial charge in [0.15, 0.2) is 5.96 Å². The number of nitrogens with zero attached hydrogens (tertiary/aromatic N) is 4. The zero-order valence-corrected chi connectivity index (χ0v) is 20.3. The van der Waals surface area contributed by atoms with Crippen LogP contribution < -0.4 is 5.32 Å². The first-order valence-electron chi connectivity index (χ1n) is 10.4. The van der Waals surface area contributed by atoms with E-state index in [1.54, 1.807) is 6.26 Å². The fourth-order valence-electron chi connectivity index (χ4n) is 4.57. The van der Waals surface area contributed by atoms with E-state index in [0.717, 1.165) is 50.9 Å². The van der Waals surface area contributed by atoms with Gasteiger partial charge < -0.3 is 14.7 Å². The van der Waals surface area contributed by atoms with Crippen molar-refractivity contribution >= 4 is 41.3 Å². The van der Waals surface area contributed by atoms with E-state index >= 15 is 0 Å². The normalized spacial score (nSPS) is 20.3. The molecular weight excluding hydrogens is 497 g/mol. The van der Waals surface area contributed by atoms with E-state index in [-0.39, 0.29) is 29.4 Å². The van der Waals surface area contributed by atoms with Crippen LogP contribution in [-0.2, 0) is 12.0 Å². The number of hydrogen-bond acceptors (Lipinski definition) is 5. The third kappa shape index (κ3) is 5.52. The molecule has 1 aliphatic carbocycles. The smallest absolute Gasteiger partial charge is 0.193 e. The highest BCUT2D eigenvalue weighted by molar-refractivity contribution is 14.0. The molecule has 0 radical (unpaired) electrons. The fraction of sp³-hybridized carbons (Fsp3) is 0.619. The van der Waals surface area contributed by atoms with Crippen LogP contribution in [-0.4, -0.2) is 60.7 Å². The van der Waals surface area contributed by atoms with Gasteiger partial charge in [0.05, 0.1) is 5.69 Å². The maximum Gasteiger partial charge on any atom is 0.193 e. The van der Waals surface area contributed by atoms with Gasteiger partial charge in [-0.2, -0.15) is 0 Å². The number of halogens is 1. The van der Waals surface area contributed by atoms with E-state index < -0.39 is 0 Å². The van der Waals surface area contributed by atoms with Crippen molar-refractivity contribution in [2.24, 2.45) is 4.99 Å². The highest BCUT2D eigenvalue weighted by atomic mass is 127. The van der Waals surface area contributed by atoms with Crippen molar-refractivity contribution in [3.63, 3.8) is 0 Å². The van der Waals surface area contributed by atoms with E-state index in [2.05, 4.69) is 42.8 Å². The molecule has 1 saturated carbocycles. The quantitative estimate of drug-likeness (QED) is 0.361. The Labute approximate surface area is 194 Å². The van der Waals surface area contributed by atoms with Crippen LogP contribution in [0.4, 0.5) is 0 Å². The highest BCUT2D eigenvalue weighted by Crippen LogP contribution is 2.41. The number of aliphatic imine (C=N–C) groups is 1. The molecule has 2 aromatic rings. The van der Waals surface area contributed by atoms with Crippen LogP contribution in [0.3, 0.4) is 0 Å². The fourth-order valence-corrected chi connectivity index (χ4v) is 5.55. The molecule has 29 heavy (non-hydrogen) atoms. The molecular formula is C21H32IN5OS. The molecule has 0 atom stereocenters. The van der Waals surface area contributed by atoms with E-state index in [1.165, 1.54) is 37.0 Å². The Morgan fingerprint density at radius 2 is 2.00 bits per heavy atom. The average molecular weight is 529 g/mol. The standard InChI is InChI=1S/C21H31N5OS.HI/c1-22-20(26-12-10-25(11-13-26)16-18-7-14-27-24-18)23-17-21(8-3-2-4-9-21)19-6-5-15-28-19;/h5-7,14-15H,2-4,8-13,16-17H2,1H3,(H,22,23);1H. The molecule has 8 heteroatoms. The summed E-state index contributed by atoms with van der Waals surface area (Å²) in [5.74, 6) is 1.04. The predicted molar refractivity (Wildman–Crippen MR) is 129 cm³/mol. The predicted octanol–water partition coefficient (Wildman–Crippen LogP) is 3.95. The molecule has 2 aromatic heterocycles. The molecule has 1 aliphatic heterocycles. The van der Waals surface area contributed by atoms with Crippen LogP contribution in [0.1, 0.15) is 42.7 Å². The van der Waals surface area contributed by atoms with Crippen LogP contribution in [0.15, 0.2) is 39.4 Å². The number of piperazine rings is 1. The Balaban J connectivity index is 0.00000240. The van der Waals surface area contributed by atoms with Gasteiger partial charge in [0.1, 0.15) is 6.26 Å². The Morgan fingerprint density at radius 1 is 1.21 bits per heavy atom. The van der Waals surface area contributed by atoms with E-state index in [4.69, 9.17) is 4.52 Å². The van der Waals surface area contributed by atoms with Gasteiger partial charge in [-0.1, -0.05) is 30.5 Å². The third-order valence-electron chi connectivity index (χ3n) is 6.20. The van der Waals surface area contributed by atoms with Crippen molar-refractivity contribution in [1.29, 1.82) is 0 Å². The van der Waals surface area contributed by atoms with Crippen molar-refractivity contribution < 1.29 is 4.52 Å². The number of aromatic nitrogens is 1. The molecule has 0 unspecified atom stereocenters. The minimum Gasteiger partial charge on any atom is -0.364 e. The monoisotopic (exact) mass is 529 g/mol. The summed E-state index contributed by atoms with van der Waals surface area (Å²) in [5.41, 5.74) is 1.28. The van der Waals surface area contributed by atoms with Crippen LogP contribution >= 0.6 is 35.3 Å². The lowest BCUT2D eigenvalue weighted by molar-refractivity contribution is 0.168. The summed E-state index contributed by atoms with van der Waals surface area (Å²) in [6, 6.07) is 6.46. The maximum absolute atomic E-state index is 4.95. The third-order valence-corrected chi connectivity index (χ3v) is 7.32. The van der Waals surface area contributed by atoms with Gasteiger partial charge >= 0.3 is 0 Å². The van der Waals surface area contributed by atoms with Crippen molar-refractivity contribution in [2.75, 3.05) is 39.8 Å². The largest absolute Gasteiger partial charge is 0.364 e. The maximum atomic E-state index is 4.95. The van der Waals surface area contributed by atoms with Crippen molar-refractivity contribution in [3.05, 3.63) is 40.4 Å². The molecule has 6 nitrogen and oxygen atoms in total. The molecule has 4 rings (SSSR count). The van der Waals surface area contributed by atoms with Gasteiger partial charge in [-0.15, -0.1) is 35.3 Å². The van der Waals surface area contributed by atoms with Gasteiger partial charge in [0.2, 0.25) is 0 Å². The second kappa shape index (κ2) is 10.8. The second-order valence-electron chi connectivity index (χ2n) is 7.97. The first-order chi connectivity index (χ1) is 13.8. The average Bonchev–Trinajstić information content (AvgIpc) is 3.45. The summed E-state index contributed by atoms with van der Waals surface area (Å²) in [4.78, 5) is 11.0. The summed E-state index contributed by atoms with van der Waals surface area (Å²) < 4.78 is 4.95. The zero-order valence-electron chi connectivity index (χ0n) is 17.2. The molecule has 160 valence electrons. The van der Waals surface area contributed by atoms with E-state index in [1.807, 2.05) is 24.5 Å². The molecule has 2 aliphatic rings. The van der Waals surface area contributed by atoms with E-state index in [9.17, 15) is 0 Å². The summed E-state index contributed by atoms with van der Waals surface area (Å²) >= 11 is 1.91. The van der Waals surface area contributed by atoms with Crippen molar-refractivity contribution in [2.45, 2.75) is 44.1 Å². The first-order valence-corrected chi connectivity index (χ1v) is 11.3. The topological polar surface area (TPSA) is 56.9 Å². The number of guanidine groups is 1. The zero-order chi connectivity index (χ0) is 19.2. The molecule has 0 amide bonds. The number of rotatable bonds is 5. The summed E-state index contributed by atoms with van der Waals surface area (Å²) in [6.07, 6.45) is 8.24. The summed E-state index contributed by atoms with van der Waals surface area (Å²) in [6.45, 7) is 5.86. The lowest BCUT2D eigenvalue weighted by Gasteiger charge is -2.40. The van der Waals surface area contributed by atoms with Crippen LogP contribution in [0.2, 0.25) is 0 Å². The lowest BCUT2D eigenvalue weighted by atomic mass is 9.73. The van der Waals surface area contributed by atoms with Crippen molar-refractivity contribution in [1.82, 2.24) is 20.3 Å². The summed E-state index contributed by atoms with van der Waals surface area (Å²) in [5, 5.41) is 9.98. The van der Waals surface area contributed by atoms with Gasteiger partial charge in [0, 0.05) is 62.7 Å². The minimum absolute atomic E-state index is 0. The molecule has 0 spiro atoms. The molecule has 1 N–H and O–H groups in total. The summed E-state index contributed by atoms with van der Waals surface area (Å²) in [7, 11) is 1.91. The van der Waals surface area contributed by atoms with Gasteiger partial charge in [-0.25, -0.2) is 0 Å². The number of thiophene rings is 1. The SMILES string of the molecule is CN=C(NCC1(c2cccs2)CCCCC1)N1CCN(Cc2ccon2)CC1.I. The molecule has 0 bridgehead atoms. The van der Waals surface area contributed by atoms with Crippen LogP contribution in [0, 0.1) is 0 Å². The highest BCUT2D eigenvalue weighted by Gasteiger charge is 2.35. The molecule has 0 aromatic carbocycles. The number of nitrogens with one attached hydrogen (secondary N) is 1. The van der Waals surface area contributed by atoms with Crippen LogP contribution in [0.5, 0.6) is 0 Å². The first kappa shape index (κ1) is 22.6. The Morgan fingerprint density at radius 3 is 2.62 bits per heavy atom. The Hall–Kier alpha value is -1.13. The second-order valence-corrected chi connectivity index (χ2v) is 8.92. The van der Waals surface area contributed by atoms with Gasteiger partial charge in [-0.3, -0.25) is 9.89 Å². The van der Waals surface area contributed by atoms with Gasteiger partial charge in [-0.05, 0) is 24.3 Å². The van der Waals surface area contributed by atoms with Crippen molar-refractivity contribution in [3.8, 4) is 0 Å². The molecule has 1 saturated heterocycles. The minimum atomic E-state index is 0. The Kier molecular flexibility index (Phi) is 8.37. The van der Waals surface area contributed by atoms with Gasteiger partial charge in [0.25, 0.3) is 0 Å². The lowest BCUT2D eigenvalue weighted by Crippen LogP contribution is -2.54. The Bertz CT molecular complexity index is 735. The molecule has 2 fully saturated rings. The van der Waals surface area contributed by atoms with Crippen LogP contribution in [0.25, 0.3) is 0 Å². The molecule has 3 heterocycles. The van der Waals surface area contributed by atoms with E-state index in [0.29, 0.717) is 0 Å².